The zero-order valence-electron chi connectivity index (χ0n) is 11.3. The molecule has 2 aromatic rings. The van der Waals surface area contributed by atoms with Crippen LogP contribution in [0, 0.1) is 11.8 Å². The lowest BCUT2D eigenvalue weighted by Gasteiger charge is -2.23. The maximum absolute atomic E-state index is 3.82. The highest BCUT2D eigenvalue weighted by Crippen LogP contribution is 2.44. The van der Waals surface area contributed by atoms with Gasteiger partial charge in [0.15, 0.2) is 0 Å². The molecule has 2 aliphatic carbocycles. The molecule has 1 heteroatoms. The summed E-state index contributed by atoms with van der Waals surface area (Å²) in [6, 6.07) is 16.1. The van der Waals surface area contributed by atoms with Crippen molar-refractivity contribution >= 4 is 10.8 Å². The first-order chi connectivity index (χ1) is 9.40. The lowest BCUT2D eigenvalue weighted by atomic mass is 9.95. The van der Waals surface area contributed by atoms with Crippen LogP contribution in [0.1, 0.15) is 31.2 Å². The van der Waals surface area contributed by atoms with Crippen LogP contribution in [0.15, 0.2) is 42.5 Å². The fraction of sp³-hybridized carbons (Fsp3) is 0.444. The van der Waals surface area contributed by atoms with Crippen LogP contribution in [0.2, 0.25) is 0 Å². The second-order valence-corrected chi connectivity index (χ2v) is 6.30. The number of nitrogens with one attached hydrogen (secondary N) is 1. The Labute approximate surface area is 115 Å². The quantitative estimate of drug-likeness (QED) is 0.865. The molecule has 2 bridgehead atoms. The average molecular weight is 251 g/mol. The molecule has 4 rings (SSSR count). The van der Waals surface area contributed by atoms with E-state index < -0.39 is 0 Å². The molecule has 0 aliphatic heterocycles. The van der Waals surface area contributed by atoms with E-state index in [2.05, 4.69) is 47.8 Å². The minimum absolute atomic E-state index is 0.776. The van der Waals surface area contributed by atoms with E-state index in [-0.39, 0.29) is 0 Å². The van der Waals surface area contributed by atoms with Gasteiger partial charge in [-0.15, -0.1) is 0 Å². The summed E-state index contributed by atoms with van der Waals surface area (Å²) in [5.41, 5.74) is 1.45. The van der Waals surface area contributed by atoms with Gasteiger partial charge in [0.2, 0.25) is 0 Å². The number of benzene rings is 2. The van der Waals surface area contributed by atoms with Crippen LogP contribution in [0.25, 0.3) is 10.8 Å². The molecule has 0 radical (unpaired) electrons. The van der Waals surface area contributed by atoms with Crippen LogP contribution < -0.4 is 5.32 Å². The van der Waals surface area contributed by atoms with E-state index in [0.29, 0.717) is 0 Å². The zero-order chi connectivity index (χ0) is 12.7. The molecule has 98 valence electrons. The van der Waals surface area contributed by atoms with E-state index in [4.69, 9.17) is 0 Å². The lowest BCUT2D eigenvalue weighted by molar-refractivity contribution is 0.351. The van der Waals surface area contributed by atoms with Gasteiger partial charge in [0.05, 0.1) is 0 Å². The van der Waals surface area contributed by atoms with Gasteiger partial charge in [0.1, 0.15) is 0 Å². The molecule has 2 aromatic carbocycles. The summed E-state index contributed by atoms with van der Waals surface area (Å²) in [7, 11) is 0. The predicted octanol–water partition coefficient (Wildman–Crippen LogP) is 4.12. The highest BCUT2D eigenvalue weighted by Gasteiger charge is 2.38. The van der Waals surface area contributed by atoms with Crippen LogP contribution in [-0.2, 0) is 6.54 Å². The molecule has 0 aromatic heterocycles. The molecular formula is C18H21N. The van der Waals surface area contributed by atoms with Crippen molar-refractivity contribution in [3.05, 3.63) is 48.0 Å². The molecule has 19 heavy (non-hydrogen) atoms. The van der Waals surface area contributed by atoms with Gasteiger partial charge in [-0.05, 0) is 47.4 Å². The van der Waals surface area contributed by atoms with Crippen molar-refractivity contribution in [3.8, 4) is 0 Å². The molecule has 0 heterocycles. The predicted molar refractivity (Wildman–Crippen MR) is 80.0 cm³/mol. The number of hydrogen-bond donors (Lipinski definition) is 1. The second kappa shape index (κ2) is 4.64. The number of rotatable bonds is 3. The Hall–Kier alpha value is -1.34. The fourth-order valence-electron chi connectivity index (χ4n) is 4.18. The normalized spacial score (nSPS) is 29.2. The van der Waals surface area contributed by atoms with Crippen molar-refractivity contribution in [1.82, 2.24) is 5.32 Å². The number of hydrogen-bond acceptors (Lipinski definition) is 1. The van der Waals surface area contributed by atoms with Gasteiger partial charge in [0.25, 0.3) is 0 Å². The molecule has 2 aliphatic rings. The molecule has 0 spiro atoms. The van der Waals surface area contributed by atoms with Crippen molar-refractivity contribution in [2.75, 3.05) is 0 Å². The Kier molecular flexibility index (Phi) is 2.81. The first kappa shape index (κ1) is 11.5. The SMILES string of the molecule is c1ccc2c(CNC3CC4CCC3C4)cccc2c1. The van der Waals surface area contributed by atoms with E-state index in [1.54, 1.807) is 0 Å². The maximum Gasteiger partial charge on any atom is 0.0214 e. The van der Waals surface area contributed by atoms with Crippen LogP contribution in [0.4, 0.5) is 0 Å². The van der Waals surface area contributed by atoms with Crippen molar-refractivity contribution in [1.29, 1.82) is 0 Å². The monoisotopic (exact) mass is 251 g/mol. The first-order valence-electron chi connectivity index (χ1n) is 7.60. The standard InChI is InChI=1S/C18H21N/c1-2-7-17-14(4-1)5-3-6-16(17)12-19-18-11-13-8-9-15(18)10-13/h1-7,13,15,18-19H,8-12H2. The Morgan fingerprint density at radius 2 is 1.84 bits per heavy atom. The summed E-state index contributed by atoms with van der Waals surface area (Å²) < 4.78 is 0. The molecule has 3 unspecified atom stereocenters. The number of fused-ring (bicyclic) bond motifs is 3. The van der Waals surface area contributed by atoms with E-state index in [0.717, 1.165) is 24.4 Å². The summed E-state index contributed by atoms with van der Waals surface area (Å²) in [5.74, 6) is 1.98. The molecule has 2 fully saturated rings. The first-order valence-corrected chi connectivity index (χ1v) is 7.60. The van der Waals surface area contributed by atoms with Crippen molar-refractivity contribution in [3.63, 3.8) is 0 Å². The van der Waals surface area contributed by atoms with E-state index in [1.165, 1.54) is 42.0 Å². The fourth-order valence-corrected chi connectivity index (χ4v) is 4.18. The summed E-state index contributed by atoms with van der Waals surface area (Å²) >= 11 is 0. The van der Waals surface area contributed by atoms with E-state index in [9.17, 15) is 0 Å². The van der Waals surface area contributed by atoms with Gasteiger partial charge >= 0.3 is 0 Å². The topological polar surface area (TPSA) is 12.0 Å². The highest BCUT2D eigenvalue weighted by molar-refractivity contribution is 5.85. The highest BCUT2D eigenvalue weighted by atomic mass is 14.9. The summed E-state index contributed by atoms with van der Waals surface area (Å²) in [6.45, 7) is 1.02. The Morgan fingerprint density at radius 3 is 2.68 bits per heavy atom. The van der Waals surface area contributed by atoms with E-state index >= 15 is 0 Å². The van der Waals surface area contributed by atoms with Gasteiger partial charge in [-0.1, -0.05) is 48.9 Å². The molecule has 0 saturated heterocycles. The van der Waals surface area contributed by atoms with Crippen molar-refractivity contribution in [2.45, 2.75) is 38.3 Å². The Morgan fingerprint density at radius 1 is 0.947 bits per heavy atom. The average Bonchev–Trinajstić information content (AvgIpc) is 3.07. The minimum Gasteiger partial charge on any atom is -0.310 e. The van der Waals surface area contributed by atoms with Crippen LogP contribution >= 0.6 is 0 Å². The summed E-state index contributed by atoms with van der Waals surface area (Å²) in [5, 5.41) is 6.58. The van der Waals surface area contributed by atoms with Gasteiger partial charge < -0.3 is 5.32 Å². The molecular weight excluding hydrogens is 230 g/mol. The molecule has 3 atom stereocenters. The lowest BCUT2D eigenvalue weighted by Crippen LogP contribution is -2.33. The van der Waals surface area contributed by atoms with Crippen LogP contribution in [0.5, 0.6) is 0 Å². The molecule has 2 saturated carbocycles. The largest absolute Gasteiger partial charge is 0.310 e. The third-order valence-corrected chi connectivity index (χ3v) is 5.17. The maximum atomic E-state index is 3.82. The molecule has 1 N–H and O–H groups in total. The zero-order valence-corrected chi connectivity index (χ0v) is 11.3. The van der Waals surface area contributed by atoms with Gasteiger partial charge in [0, 0.05) is 12.6 Å². The van der Waals surface area contributed by atoms with Crippen molar-refractivity contribution < 1.29 is 0 Å². The van der Waals surface area contributed by atoms with Gasteiger partial charge in [-0.25, -0.2) is 0 Å². The van der Waals surface area contributed by atoms with E-state index in [1.807, 2.05) is 0 Å². The third kappa shape index (κ3) is 2.06. The van der Waals surface area contributed by atoms with Crippen molar-refractivity contribution in [2.24, 2.45) is 11.8 Å². The third-order valence-electron chi connectivity index (χ3n) is 5.17. The molecule has 1 nitrogen and oxygen atoms in total. The van der Waals surface area contributed by atoms with Gasteiger partial charge in [-0.3, -0.25) is 0 Å². The van der Waals surface area contributed by atoms with Gasteiger partial charge in [-0.2, -0.15) is 0 Å². The smallest absolute Gasteiger partial charge is 0.0214 e. The van der Waals surface area contributed by atoms with Crippen LogP contribution in [-0.4, -0.2) is 6.04 Å². The molecule has 0 amide bonds. The Balaban J connectivity index is 1.52. The minimum atomic E-state index is 0.776. The second-order valence-electron chi connectivity index (χ2n) is 6.30. The Bertz CT molecular complexity index is 584. The summed E-state index contributed by atoms with van der Waals surface area (Å²) in [4.78, 5) is 0. The summed E-state index contributed by atoms with van der Waals surface area (Å²) in [6.07, 6.45) is 5.83. The van der Waals surface area contributed by atoms with Crippen LogP contribution in [0.3, 0.4) is 0 Å².